The number of anilines is 1. The van der Waals surface area contributed by atoms with Gasteiger partial charge in [0.25, 0.3) is 0 Å². The number of hydrogen-bond donors (Lipinski definition) is 3. The molecule has 0 saturated carbocycles. The van der Waals surface area contributed by atoms with Crippen molar-refractivity contribution in [2.75, 3.05) is 12.4 Å². The molecule has 3 rings (SSSR count). The summed E-state index contributed by atoms with van der Waals surface area (Å²) in [4.78, 5) is 26.0. The molecule has 0 bridgehead atoms. The molecule has 0 fully saturated rings. The molecule has 182 valence electrons. The Kier molecular flexibility index (Phi) is 6.54. The molecule has 2 amide bonds. The number of carbonyl (C=O) groups excluding carboxylic acids is 2. The van der Waals surface area contributed by atoms with Gasteiger partial charge in [-0.15, -0.1) is 0 Å². The van der Waals surface area contributed by atoms with Gasteiger partial charge in [0.15, 0.2) is 5.75 Å². The number of ether oxygens (including phenoxy) is 1. The molecular weight excluding hydrogens is 468 g/mol. The average Bonchev–Trinajstić information content (AvgIpc) is 3.15. The van der Waals surface area contributed by atoms with E-state index in [1.807, 2.05) is 19.2 Å². The minimum Gasteiger partial charge on any atom is -0.456 e. The van der Waals surface area contributed by atoms with Crippen LogP contribution in [0, 0.1) is 0 Å². The summed E-state index contributed by atoms with van der Waals surface area (Å²) in [5.41, 5.74) is -2.97. The number of fused-ring (bicyclic) bond motifs is 1. The van der Waals surface area contributed by atoms with Gasteiger partial charge in [0.2, 0.25) is 0 Å². The summed E-state index contributed by atoms with van der Waals surface area (Å²) in [5, 5.41) is 4.25. The zero-order chi connectivity index (χ0) is 25.4. The number of carbonyl (C=O) groups is 2. The molecule has 0 saturated heterocycles. The molecule has 6 nitrogen and oxygen atoms in total. The number of nitrogens with one attached hydrogen (secondary N) is 3. The zero-order valence-corrected chi connectivity index (χ0v) is 18.0. The van der Waals surface area contributed by atoms with Crippen LogP contribution in [0.3, 0.4) is 0 Å². The maximum absolute atomic E-state index is 13.8. The first kappa shape index (κ1) is 24.9. The highest BCUT2D eigenvalue weighted by molar-refractivity contribution is 6.39. The van der Waals surface area contributed by atoms with E-state index in [0.29, 0.717) is 10.9 Å². The second-order valence-electron chi connectivity index (χ2n) is 7.64. The first-order valence-electron chi connectivity index (χ1n) is 9.86. The zero-order valence-electron chi connectivity index (χ0n) is 18.0. The standard InChI is InChI=1S/C22H19F6N3O3/c1-10(2)14-9-30-17-5-4-12(8-13(14)17)34-18-15(21(23,24)25)6-11(7-16(18)22(26,27)28)31-20(33)19(32)29-3/h4-10,30H,1-3H3,(H,29,32)(H,31,33). The van der Waals surface area contributed by atoms with Crippen LogP contribution in [0.2, 0.25) is 0 Å². The average molecular weight is 487 g/mol. The van der Waals surface area contributed by atoms with Gasteiger partial charge in [0.05, 0.1) is 0 Å². The molecular formula is C22H19F6N3O3. The predicted octanol–water partition coefficient (Wildman–Crippen LogP) is 5.81. The van der Waals surface area contributed by atoms with Crippen molar-refractivity contribution < 1.29 is 40.7 Å². The van der Waals surface area contributed by atoms with Crippen molar-refractivity contribution in [3.05, 3.63) is 53.2 Å². The van der Waals surface area contributed by atoms with Gasteiger partial charge in [0, 0.05) is 29.8 Å². The van der Waals surface area contributed by atoms with Gasteiger partial charge in [0.1, 0.15) is 16.9 Å². The fourth-order valence-corrected chi connectivity index (χ4v) is 3.31. The van der Waals surface area contributed by atoms with Crippen molar-refractivity contribution in [1.29, 1.82) is 0 Å². The SMILES string of the molecule is CNC(=O)C(=O)Nc1cc(C(F)(F)F)c(Oc2ccc3[nH]cc(C(C)C)c3c2)c(C(F)(F)F)c1. The van der Waals surface area contributed by atoms with Crippen molar-refractivity contribution in [3.8, 4) is 11.5 Å². The lowest BCUT2D eigenvalue weighted by atomic mass is 10.0. The third-order valence-corrected chi connectivity index (χ3v) is 4.92. The van der Waals surface area contributed by atoms with Gasteiger partial charge < -0.3 is 20.4 Å². The molecule has 1 aromatic heterocycles. The maximum Gasteiger partial charge on any atom is 0.420 e. The number of H-pyrrole nitrogens is 1. The second kappa shape index (κ2) is 8.92. The van der Waals surface area contributed by atoms with Gasteiger partial charge in [-0.1, -0.05) is 13.8 Å². The molecule has 12 heteroatoms. The lowest BCUT2D eigenvalue weighted by molar-refractivity contribution is -0.145. The van der Waals surface area contributed by atoms with E-state index in [1.165, 1.54) is 18.2 Å². The summed E-state index contributed by atoms with van der Waals surface area (Å²) in [6.07, 6.45) is -8.85. The molecule has 0 aliphatic heterocycles. The number of amides is 2. The number of likely N-dealkylation sites (N-methyl/N-ethyl adjacent to an activating group) is 1. The summed E-state index contributed by atoms with van der Waals surface area (Å²) in [6.45, 7) is 3.76. The number of rotatable bonds is 4. The Morgan fingerprint density at radius 3 is 2.03 bits per heavy atom. The van der Waals surface area contributed by atoms with Gasteiger partial charge in [-0.25, -0.2) is 0 Å². The van der Waals surface area contributed by atoms with E-state index < -0.39 is 46.7 Å². The first-order valence-corrected chi connectivity index (χ1v) is 9.86. The third kappa shape index (κ3) is 5.10. The van der Waals surface area contributed by atoms with E-state index in [1.54, 1.807) is 11.5 Å². The molecule has 0 spiro atoms. The van der Waals surface area contributed by atoms with Crippen molar-refractivity contribution in [1.82, 2.24) is 10.3 Å². The van der Waals surface area contributed by atoms with Crippen LogP contribution < -0.4 is 15.4 Å². The molecule has 0 radical (unpaired) electrons. The van der Waals surface area contributed by atoms with Crippen LogP contribution >= 0.6 is 0 Å². The Hall–Kier alpha value is -3.70. The quantitative estimate of drug-likeness (QED) is 0.321. The lowest BCUT2D eigenvalue weighted by Crippen LogP contribution is -2.32. The monoisotopic (exact) mass is 487 g/mol. The van der Waals surface area contributed by atoms with Crippen LogP contribution in [-0.4, -0.2) is 23.8 Å². The van der Waals surface area contributed by atoms with Gasteiger partial charge in [-0.3, -0.25) is 9.59 Å². The van der Waals surface area contributed by atoms with E-state index in [2.05, 4.69) is 4.98 Å². The molecule has 0 atom stereocenters. The van der Waals surface area contributed by atoms with E-state index in [4.69, 9.17) is 4.74 Å². The van der Waals surface area contributed by atoms with E-state index >= 15 is 0 Å². The summed E-state index contributed by atoms with van der Waals surface area (Å²) >= 11 is 0. The predicted molar refractivity (Wildman–Crippen MR) is 112 cm³/mol. The molecule has 0 aliphatic rings. The molecule has 0 aliphatic carbocycles. The number of halogens is 6. The van der Waals surface area contributed by atoms with Crippen LogP contribution in [0.25, 0.3) is 10.9 Å². The number of alkyl halides is 6. The topological polar surface area (TPSA) is 83.2 Å². The highest BCUT2D eigenvalue weighted by Crippen LogP contribution is 2.47. The minimum atomic E-state index is -5.27. The molecule has 2 aromatic carbocycles. The summed E-state index contributed by atoms with van der Waals surface area (Å²) in [7, 11) is 1.08. The third-order valence-electron chi connectivity index (χ3n) is 4.92. The molecule has 3 N–H and O–H groups in total. The minimum absolute atomic E-state index is 0.0312. The van der Waals surface area contributed by atoms with Crippen LogP contribution in [0.4, 0.5) is 32.0 Å². The molecule has 34 heavy (non-hydrogen) atoms. The van der Waals surface area contributed by atoms with E-state index in [-0.39, 0.29) is 23.8 Å². The Morgan fingerprint density at radius 2 is 1.53 bits per heavy atom. The van der Waals surface area contributed by atoms with Crippen molar-refractivity contribution >= 4 is 28.4 Å². The number of aromatic nitrogens is 1. The molecule has 1 heterocycles. The summed E-state index contributed by atoms with van der Waals surface area (Å²) in [5.74, 6) is -4.37. The van der Waals surface area contributed by atoms with Crippen LogP contribution in [0.15, 0.2) is 36.5 Å². The number of aromatic amines is 1. The van der Waals surface area contributed by atoms with E-state index in [0.717, 1.165) is 12.6 Å². The smallest absolute Gasteiger partial charge is 0.420 e. The van der Waals surface area contributed by atoms with Gasteiger partial charge in [-0.05, 0) is 41.8 Å². The number of hydrogen-bond acceptors (Lipinski definition) is 3. The van der Waals surface area contributed by atoms with Gasteiger partial charge in [-0.2, -0.15) is 26.3 Å². The fourth-order valence-electron chi connectivity index (χ4n) is 3.31. The largest absolute Gasteiger partial charge is 0.456 e. The maximum atomic E-state index is 13.8. The summed E-state index contributed by atoms with van der Waals surface area (Å²) in [6, 6.07) is 4.63. The second-order valence-corrected chi connectivity index (χ2v) is 7.64. The van der Waals surface area contributed by atoms with Crippen molar-refractivity contribution in [2.24, 2.45) is 0 Å². The first-order chi connectivity index (χ1) is 15.7. The summed E-state index contributed by atoms with van der Waals surface area (Å²) < 4.78 is 87.9. The molecule has 0 unspecified atom stereocenters. The lowest BCUT2D eigenvalue weighted by Gasteiger charge is -2.21. The molecule has 3 aromatic rings. The Bertz CT molecular complexity index is 1210. The van der Waals surface area contributed by atoms with Crippen molar-refractivity contribution in [3.63, 3.8) is 0 Å². The van der Waals surface area contributed by atoms with Crippen LogP contribution in [0.5, 0.6) is 11.5 Å². The number of benzene rings is 2. The normalized spacial score (nSPS) is 12.2. The Labute approximate surface area is 189 Å². The van der Waals surface area contributed by atoms with Crippen LogP contribution in [-0.2, 0) is 21.9 Å². The highest BCUT2D eigenvalue weighted by atomic mass is 19.4. The van der Waals surface area contributed by atoms with Crippen LogP contribution in [0.1, 0.15) is 36.5 Å². The van der Waals surface area contributed by atoms with E-state index in [9.17, 15) is 35.9 Å². The fraction of sp³-hybridized carbons (Fsp3) is 0.273. The van der Waals surface area contributed by atoms with Crippen molar-refractivity contribution in [2.45, 2.75) is 32.1 Å². The Balaban J connectivity index is 2.17. The Morgan fingerprint density at radius 1 is 0.941 bits per heavy atom. The van der Waals surface area contributed by atoms with Gasteiger partial charge >= 0.3 is 24.2 Å². The highest BCUT2D eigenvalue weighted by Gasteiger charge is 2.43.